The van der Waals surface area contributed by atoms with E-state index >= 15 is 0 Å². The Bertz CT molecular complexity index is 5100. The highest BCUT2D eigenvalue weighted by Gasteiger charge is 2.45. The van der Waals surface area contributed by atoms with E-state index in [1.165, 1.54) is 24.3 Å². The first-order chi connectivity index (χ1) is 55.0. The number of aliphatic carboxylic acids is 3. The molecule has 0 spiro atoms. The predicted molar refractivity (Wildman–Crippen MR) is 441 cm³/mol. The molecular formula is C85H106N11O18S2+. The number of nitrogens with one attached hydrogen (secondary N) is 8. The number of rotatable bonds is 42. The van der Waals surface area contributed by atoms with Gasteiger partial charge in [-0.05, 0) is 210 Å². The van der Waals surface area contributed by atoms with Gasteiger partial charge in [0.15, 0.2) is 5.71 Å². The average molecular weight is 1630 g/mol. The molecule has 1 aromatic heterocycles. The second kappa shape index (κ2) is 39.8. The van der Waals surface area contributed by atoms with Gasteiger partial charge in [-0.25, -0.2) is 14.4 Å². The van der Waals surface area contributed by atoms with Gasteiger partial charge in [0.2, 0.25) is 29.3 Å². The van der Waals surface area contributed by atoms with Gasteiger partial charge in [0.1, 0.15) is 36.3 Å². The number of nitrogen functional groups attached to an aromatic ring is 1. The van der Waals surface area contributed by atoms with Crippen LogP contribution in [-0.2, 0) is 71.2 Å². The number of carbonyl (C=O) groups is 8. The molecule has 116 heavy (non-hydrogen) atoms. The normalized spacial score (nSPS) is 15.8. The van der Waals surface area contributed by atoms with Gasteiger partial charge in [0, 0.05) is 115 Å². The number of nitrogens with zero attached hydrogens (tertiary/aromatic N) is 2. The number of hydrogen-bond acceptors (Lipinski definition) is 15. The number of allylic oxidation sites excluding steroid dienone is 8. The molecule has 3 atom stereocenters. The maximum Gasteiger partial charge on any atom is 0.326 e. The Labute approximate surface area is 675 Å². The summed E-state index contributed by atoms with van der Waals surface area (Å²) in [4.78, 5) is 105. The van der Waals surface area contributed by atoms with Crippen molar-refractivity contribution in [3.8, 4) is 28.1 Å². The summed E-state index contributed by atoms with van der Waals surface area (Å²) in [6, 6.07) is 24.5. The van der Waals surface area contributed by atoms with Crippen molar-refractivity contribution < 1.29 is 89.3 Å². The van der Waals surface area contributed by atoms with Crippen LogP contribution in [0.4, 0.5) is 16.2 Å². The Morgan fingerprint density at radius 3 is 1.82 bits per heavy atom. The molecular weight excluding hydrogens is 1530 g/mol. The fourth-order valence-corrected chi connectivity index (χ4v) is 16.0. The van der Waals surface area contributed by atoms with Crippen molar-refractivity contribution in [2.24, 2.45) is 5.73 Å². The van der Waals surface area contributed by atoms with Crippen molar-refractivity contribution in [1.82, 2.24) is 36.9 Å². The number of H-pyrrole nitrogens is 1. The first-order valence-corrected chi connectivity index (χ1v) is 42.0. The number of aromatic hydroxyl groups is 1. The first-order valence-electron chi connectivity index (χ1n) is 39.2. The molecule has 31 heteroatoms. The molecule has 2 aliphatic heterocycles. The van der Waals surface area contributed by atoms with Crippen molar-refractivity contribution in [2.75, 3.05) is 31.6 Å². The first kappa shape index (κ1) is 88.7. The number of aromatic amines is 1. The van der Waals surface area contributed by atoms with E-state index in [1.54, 1.807) is 36.4 Å². The van der Waals surface area contributed by atoms with Crippen LogP contribution in [0.2, 0.25) is 0 Å². The van der Waals surface area contributed by atoms with E-state index in [0.29, 0.717) is 94.1 Å². The number of phenols is 1. The van der Waals surface area contributed by atoms with Crippen LogP contribution < -0.4 is 42.5 Å². The van der Waals surface area contributed by atoms with E-state index in [-0.39, 0.29) is 90.7 Å². The van der Waals surface area contributed by atoms with Crippen molar-refractivity contribution in [1.29, 1.82) is 5.41 Å². The number of unbranched alkanes of at least 4 members (excludes halogenated alkanes) is 7. The van der Waals surface area contributed by atoms with Gasteiger partial charge in [0.05, 0.1) is 20.9 Å². The Morgan fingerprint density at radius 2 is 1.20 bits per heavy atom. The zero-order chi connectivity index (χ0) is 84.2. The smallest absolute Gasteiger partial charge is 0.326 e. The molecule has 1 unspecified atom stereocenters. The van der Waals surface area contributed by atoms with E-state index in [9.17, 15) is 79.6 Å². The van der Waals surface area contributed by atoms with E-state index in [1.807, 2.05) is 82.1 Å². The summed E-state index contributed by atoms with van der Waals surface area (Å²) >= 11 is 0. The van der Waals surface area contributed by atoms with E-state index in [4.69, 9.17) is 16.2 Å². The third-order valence-corrected chi connectivity index (χ3v) is 23.2. The molecule has 5 aromatic carbocycles. The second-order valence-electron chi connectivity index (χ2n) is 30.8. The molecule has 6 aromatic rings. The Hall–Kier alpha value is -11.3. The van der Waals surface area contributed by atoms with Gasteiger partial charge in [-0.1, -0.05) is 75.2 Å². The molecule has 16 N–H and O–H groups in total. The van der Waals surface area contributed by atoms with Crippen molar-refractivity contribution in [3.05, 3.63) is 173 Å². The number of benzene rings is 5. The summed E-state index contributed by atoms with van der Waals surface area (Å²) in [6.45, 7) is 9.35. The maximum atomic E-state index is 14.0. The predicted octanol–water partition coefficient (Wildman–Crippen LogP) is 11.6. The monoisotopic (exact) mass is 1630 g/mol. The van der Waals surface area contributed by atoms with E-state index in [0.717, 1.165) is 91.9 Å². The minimum Gasteiger partial charge on any atom is -0.507 e. The molecule has 1 aliphatic carbocycles. The zero-order valence-corrected chi connectivity index (χ0v) is 67.6. The number of amidine groups is 1. The third kappa shape index (κ3) is 24.2. The summed E-state index contributed by atoms with van der Waals surface area (Å²) in [5, 5.41) is 63.4. The van der Waals surface area contributed by atoms with Gasteiger partial charge in [-0.2, -0.15) is 21.4 Å². The van der Waals surface area contributed by atoms with Crippen LogP contribution >= 0.6 is 0 Å². The molecule has 0 bridgehead atoms. The molecule has 0 saturated heterocycles. The number of carboxylic acids is 3. The SMILES string of the molecule is CN1/C(=C/C=C2C=C(/C=C/C3=[N+](CCCCCC(=O)NCCCC[C@H](NC(=O)CCCCCCC(=O)NCCCCC(NC(=O)N[C@@H](CCC(=O)O)C(=O)O)C(=O)O)C(=O)NCc4ccc(-c5ccc(O)c(-c6cc7cc(C(=N)N)ccc7[nH]6)c5)cc4)c4ccc(S(=O)(=O)O)cc4C3(C)C)CCC/2)C(C)(C)c2cc(S(=O)(=O)O)ccc21. The highest BCUT2D eigenvalue weighted by molar-refractivity contribution is 7.86. The number of fused-ring (bicyclic) bond motifs is 3. The fourth-order valence-electron chi connectivity index (χ4n) is 15.0. The molecule has 0 saturated carbocycles. The minimum atomic E-state index is -4.51. The number of urea groups is 1. The zero-order valence-electron chi connectivity index (χ0n) is 66.0. The number of hydrogen-bond donors (Lipinski definition) is 15. The highest BCUT2D eigenvalue weighted by atomic mass is 32.2. The number of amides is 6. The second-order valence-corrected chi connectivity index (χ2v) is 33.6. The quantitative estimate of drug-likeness (QED) is 0.00556. The highest BCUT2D eigenvalue weighted by Crippen LogP contribution is 2.48. The standard InChI is InChI=1S/C85H105N11O18S2/c1-84(2)63-50-60(115(109,110)111)33-37-70(63)95(5)73(84)40-27-53-18-17-19-54(46-53)28-41-74-85(3,4)64-51-61(116(112,113)114)34-38-71(64)96(74)45-16-8-11-23-76(99)88-43-14-12-20-66(80(103)90-52-55-25-29-56(30-26-55)57-32-39-72(97)62(48-57)69-49-59-47-58(79(86)87)31-35-65(59)91-69)92-77(100)24-10-7-6-9-22-75(98)89-44-15-13-21-67(81(104)105)93-83(108)94-68(82(106)107)36-42-78(101)102/h25-35,37-41,46-51,66-68H,6-24,36,42-45,52H2,1-5H3,(H15-,86,87,88,89,90,91,92,93,94,97,98,99,100,101,102,103,104,105,106,107,108,109,110,111,112,113,114)/p+1/t66-,67?,68-/m0/s1. The van der Waals surface area contributed by atoms with Gasteiger partial charge in [-0.3, -0.25) is 38.5 Å². The Balaban J connectivity index is 0.756. The lowest BCUT2D eigenvalue weighted by molar-refractivity contribution is -0.438. The lowest BCUT2D eigenvalue weighted by Gasteiger charge is -2.24. The van der Waals surface area contributed by atoms with Crippen LogP contribution in [0.1, 0.15) is 185 Å². The topological polar surface area (TPSA) is 470 Å². The summed E-state index contributed by atoms with van der Waals surface area (Å²) < 4.78 is 71.0. The number of carbonyl (C=O) groups excluding carboxylic acids is 5. The van der Waals surface area contributed by atoms with E-state index in [2.05, 4.69) is 71.8 Å². The van der Waals surface area contributed by atoms with Crippen molar-refractivity contribution >= 4 is 102 Å². The van der Waals surface area contributed by atoms with Gasteiger partial charge >= 0.3 is 23.9 Å². The largest absolute Gasteiger partial charge is 0.507 e. The number of carboxylic acid groups (broad SMARTS) is 3. The van der Waals surface area contributed by atoms with Crippen molar-refractivity contribution in [2.45, 2.75) is 208 Å². The van der Waals surface area contributed by atoms with Gasteiger partial charge < -0.3 is 67.9 Å². The van der Waals surface area contributed by atoms with E-state index < -0.39 is 91.9 Å². The molecule has 6 amide bonds. The summed E-state index contributed by atoms with van der Waals surface area (Å²) in [5.41, 5.74) is 16.9. The summed E-state index contributed by atoms with van der Waals surface area (Å²) in [7, 11) is -6.97. The molecule has 0 fully saturated rings. The van der Waals surface area contributed by atoms with Crippen LogP contribution in [-0.4, -0.2) is 160 Å². The Kier molecular flexibility index (Phi) is 30.5. The summed E-state index contributed by atoms with van der Waals surface area (Å²) in [6.07, 6.45) is 18.9. The summed E-state index contributed by atoms with van der Waals surface area (Å²) in [5.74, 6) is -5.17. The van der Waals surface area contributed by atoms with Gasteiger partial charge in [-0.15, -0.1) is 0 Å². The third-order valence-electron chi connectivity index (χ3n) is 21.5. The van der Waals surface area contributed by atoms with Crippen LogP contribution in [0, 0.1) is 5.41 Å². The maximum absolute atomic E-state index is 14.0. The fraction of sp³-hybridized carbons (Fsp3) is 0.412. The van der Waals surface area contributed by atoms with Crippen LogP contribution in [0.3, 0.4) is 0 Å². The lowest BCUT2D eigenvalue weighted by Crippen LogP contribution is -2.51. The minimum absolute atomic E-state index is 0.0255. The number of aromatic nitrogens is 1. The number of phenolic OH excluding ortho intramolecular Hbond substituents is 1. The van der Waals surface area contributed by atoms with Gasteiger partial charge in [0.25, 0.3) is 20.2 Å². The average Bonchev–Trinajstić information content (AvgIpc) is 1.59. The lowest BCUT2D eigenvalue weighted by atomic mass is 9.81. The van der Waals surface area contributed by atoms with Crippen molar-refractivity contribution in [3.63, 3.8) is 0 Å². The molecule has 620 valence electrons. The van der Waals surface area contributed by atoms with Crippen LogP contribution in [0.15, 0.2) is 160 Å². The molecule has 3 heterocycles. The molecule has 0 radical (unpaired) electrons. The number of likely N-dealkylation sites (N-methyl/N-ethyl adjacent to an activating group) is 1. The number of anilines is 1. The molecule has 29 nitrogen and oxygen atoms in total. The number of nitrogens with two attached hydrogens (primary N) is 1. The Morgan fingerprint density at radius 1 is 0.603 bits per heavy atom. The molecule has 9 rings (SSSR count). The molecule has 3 aliphatic rings. The van der Waals surface area contributed by atoms with Crippen LogP contribution in [0.25, 0.3) is 33.3 Å². The van der Waals surface area contributed by atoms with Crippen LogP contribution in [0.5, 0.6) is 5.75 Å².